The van der Waals surface area contributed by atoms with E-state index in [1.54, 1.807) is 12.1 Å². The summed E-state index contributed by atoms with van der Waals surface area (Å²) in [6.45, 7) is 0. The molecule has 0 N–H and O–H groups in total. The number of carboxylic acid groups (broad SMARTS) is 2. The second kappa shape index (κ2) is 13.4. The molecule has 0 aliphatic rings. The zero-order valence-corrected chi connectivity index (χ0v) is 19.9. The van der Waals surface area contributed by atoms with E-state index in [1.165, 1.54) is 37.1 Å². The average Bonchev–Trinajstić information content (AvgIpc) is 2.90. The number of hydrogen-bond acceptors (Lipinski definition) is 7. The molecular weight excluding hydrogens is 377 g/mol. The summed E-state index contributed by atoms with van der Waals surface area (Å²) >= 11 is 0. The second-order valence-corrected chi connectivity index (χ2v) is 3.68. The molecular formula is C13H11FK2N2O6. The Kier molecular flexibility index (Phi) is 14.7. The third-order valence-corrected chi connectivity index (χ3v) is 2.36. The Hall–Kier alpha value is 0.173. The molecule has 0 radical (unpaired) electrons. The van der Waals surface area contributed by atoms with Gasteiger partial charge in [-0.1, -0.05) is 12.1 Å². The molecule has 0 saturated heterocycles. The molecule has 0 atom stereocenters. The molecule has 0 amide bonds. The number of nitrogens with zero attached hydrogens (tertiary/aromatic N) is 2. The van der Waals surface area contributed by atoms with E-state index in [1.807, 2.05) is 0 Å². The fourth-order valence-electron chi connectivity index (χ4n) is 1.51. The Bertz CT molecular complexity index is 676. The van der Waals surface area contributed by atoms with Crippen LogP contribution in [0.25, 0.3) is 5.69 Å². The quantitative estimate of drug-likeness (QED) is 0.379. The summed E-state index contributed by atoms with van der Waals surface area (Å²) in [6.07, 6.45) is -2.33. The molecule has 0 fully saturated rings. The van der Waals surface area contributed by atoms with Crippen molar-refractivity contribution in [1.29, 1.82) is 0 Å². The van der Waals surface area contributed by atoms with Crippen LogP contribution >= 0.6 is 0 Å². The van der Waals surface area contributed by atoms with Crippen molar-refractivity contribution in [2.45, 2.75) is 0 Å². The van der Waals surface area contributed by atoms with E-state index >= 15 is 0 Å². The van der Waals surface area contributed by atoms with Crippen LogP contribution in [0.1, 0.15) is 10.5 Å². The molecule has 2 rings (SSSR count). The van der Waals surface area contributed by atoms with E-state index in [0.717, 1.165) is 0 Å². The summed E-state index contributed by atoms with van der Waals surface area (Å²) in [5.41, 5.74) is 0.252. The summed E-state index contributed by atoms with van der Waals surface area (Å²) < 4.78 is 24.5. The fourth-order valence-corrected chi connectivity index (χ4v) is 1.51. The van der Waals surface area contributed by atoms with Crippen molar-refractivity contribution >= 4 is 12.1 Å². The molecule has 0 aliphatic carbocycles. The maximum atomic E-state index is 13.7. The predicted octanol–water partition coefficient (Wildman–Crippen LogP) is -6.63. The number of esters is 1. The Morgan fingerprint density at radius 2 is 1.71 bits per heavy atom. The van der Waals surface area contributed by atoms with Gasteiger partial charge in [-0.3, -0.25) is 0 Å². The summed E-state index contributed by atoms with van der Waals surface area (Å²) in [5, 5.41) is 20.6. The van der Waals surface area contributed by atoms with Crippen LogP contribution in [0.5, 0.6) is 5.88 Å². The molecule has 0 unspecified atom stereocenters. The first kappa shape index (κ1) is 26.4. The summed E-state index contributed by atoms with van der Waals surface area (Å²) in [4.78, 5) is 19.7. The minimum absolute atomic E-state index is 0. The molecule has 0 aliphatic heterocycles. The Morgan fingerprint density at radius 1 is 1.17 bits per heavy atom. The van der Waals surface area contributed by atoms with Gasteiger partial charge in [-0.2, -0.15) is 9.78 Å². The number of halogens is 1. The van der Waals surface area contributed by atoms with Crippen molar-refractivity contribution in [2.24, 2.45) is 0 Å². The van der Waals surface area contributed by atoms with Crippen molar-refractivity contribution in [3.63, 3.8) is 0 Å². The number of carbonyl (C=O) groups is 2. The van der Waals surface area contributed by atoms with Crippen LogP contribution in [0.3, 0.4) is 0 Å². The zero-order valence-electron chi connectivity index (χ0n) is 13.6. The van der Waals surface area contributed by atoms with E-state index in [9.17, 15) is 9.18 Å². The van der Waals surface area contributed by atoms with Gasteiger partial charge in [0.15, 0.2) is 5.69 Å². The zero-order chi connectivity index (χ0) is 16.7. The Morgan fingerprint density at radius 3 is 2.17 bits per heavy atom. The maximum absolute atomic E-state index is 13.7. The SMILES string of the molecule is COC(=O)c1cc(OC)n(-c2ccccc2F)n1.O=C([O-])[O-].[K+].[K+]. The minimum Gasteiger partial charge on any atom is -0.652 e. The first-order valence-corrected chi connectivity index (χ1v) is 5.76. The summed E-state index contributed by atoms with van der Waals surface area (Å²) in [6, 6.07) is 7.45. The molecule has 1 aromatic heterocycles. The number of carbonyl (C=O) groups excluding carboxylic acids is 2. The van der Waals surface area contributed by atoms with Gasteiger partial charge in [0.1, 0.15) is 11.5 Å². The molecule has 8 nitrogen and oxygen atoms in total. The van der Waals surface area contributed by atoms with Crippen LogP contribution in [-0.2, 0) is 4.74 Å². The number of hydrogen-bond donors (Lipinski definition) is 0. The van der Waals surface area contributed by atoms with Gasteiger partial charge in [-0.25, -0.2) is 9.18 Å². The van der Waals surface area contributed by atoms with E-state index in [2.05, 4.69) is 9.84 Å². The first-order valence-electron chi connectivity index (χ1n) is 5.76. The van der Waals surface area contributed by atoms with Crippen molar-refractivity contribution < 1.29 is 136 Å². The Balaban J connectivity index is 0. The van der Waals surface area contributed by atoms with Gasteiger partial charge >= 0.3 is 109 Å². The van der Waals surface area contributed by atoms with E-state index in [4.69, 9.17) is 19.7 Å². The van der Waals surface area contributed by atoms with Crippen molar-refractivity contribution in [3.05, 3.63) is 41.8 Å². The third kappa shape index (κ3) is 8.03. The standard InChI is InChI=1S/C12H11FN2O3.CH2O3.2K/c1-17-11-7-9(12(16)18-2)14-15(11)10-6-4-3-5-8(10)13;2-1(3)4;;/h3-7H,1-2H3;(H2,2,3,4);;/q;;2*+1/p-2. The molecule has 0 saturated carbocycles. The molecule has 2 aromatic rings. The normalized spacial score (nSPS) is 8.62. The molecule has 1 aromatic carbocycles. The average molecular weight is 388 g/mol. The largest absolute Gasteiger partial charge is 1.00 e. The first-order chi connectivity index (χ1) is 10.4. The van der Waals surface area contributed by atoms with Crippen molar-refractivity contribution in [3.8, 4) is 11.6 Å². The molecule has 0 spiro atoms. The summed E-state index contributed by atoms with van der Waals surface area (Å²) in [5.74, 6) is -0.820. The van der Waals surface area contributed by atoms with Gasteiger partial charge in [-0.05, 0) is 18.3 Å². The van der Waals surface area contributed by atoms with Crippen molar-refractivity contribution in [2.75, 3.05) is 14.2 Å². The van der Waals surface area contributed by atoms with Crippen LogP contribution < -0.4 is 118 Å². The molecule has 0 bridgehead atoms. The second-order valence-electron chi connectivity index (χ2n) is 3.68. The van der Waals surface area contributed by atoms with Crippen LogP contribution in [0, 0.1) is 5.82 Å². The maximum Gasteiger partial charge on any atom is 1.00 e. The smallest absolute Gasteiger partial charge is 0.652 e. The van der Waals surface area contributed by atoms with Gasteiger partial charge in [0.2, 0.25) is 5.88 Å². The Labute approximate surface area is 222 Å². The van der Waals surface area contributed by atoms with Crippen LogP contribution in [0.2, 0.25) is 0 Å². The van der Waals surface area contributed by atoms with Gasteiger partial charge in [0.05, 0.1) is 14.2 Å². The third-order valence-electron chi connectivity index (χ3n) is 2.36. The van der Waals surface area contributed by atoms with E-state index in [0.29, 0.717) is 0 Å². The molecule has 11 heteroatoms. The van der Waals surface area contributed by atoms with E-state index in [-0.39, 0.29) is 120 Å². The molecule has 118 valence electrons. The topological polar surface area (TPSA) is 117 Å². The van der Waals surface area contributed by atoms with Crippen molar-refractivity contribution in [1.82, 2.24) is 9.78 Å². The van der Waals surface area contributed by atoms with Gasteiger partial charge < -0.3 is 24.5 Å². The number of methoxy groups -OCH3 is 2. The predicted molar refractivity (Wildman–Crippen MR) is 66.8 cm³/mol. The number of ether oxygens (including phenoxy) is 2. The number of para-hydroxylation sites is 1. The van der Waals surface area contributed by atoms with Gasteiger partial charge in [-0.15, -0.1) is 0 Å². The number of rotatable bonds is 3. The van der Waals surface area contributed by atoms with Gasteiger partial charge in [0, 0.05) is 6.07 Å². The van der Waals surface area contributed by atoms with Crippen LogP contribution in [-0.4, -0.2) is 36.1 Å². The van der Waals surface area contributed by atoms with E-state index < -0.39 is 17.9 Å². The molecule has 1 heterocycles. The monoisotopic (exact) mass is 388 g/mol. The number of benzene rings is 1. The number of aromatic nitrogens is 2. The molecule has 24 heavy (non-hydrogen) atoms. The van der Waals surface area contributed by atoms with Crippen LogP contribution in [0.15, 0.2) is 30.3 Å². The van der Waals surface area contributed by atoms with Crippen LogP contribution in [0.4, 0.5) is 9.18 Å². The summed E-state index contributed by atoms with van der Waals surface area (Å²) in [7, 11) is 2.66. The fraction of sp³-hybridized carbons (Fsp3) is 0.154. The van der Waals surface area contributed by atoms with Gasteiger partial charge in [0.25, 0.3) is 0 Å². The minimum atomic E-state index is -2.33.